The highest BCUT2D eigenvalue weighted by atomic mass is 79.9. The quantitative estimate of drug-likeness (QED) is 0.876. The molecule has 1 fully saturated rings. The first-order valence-corrected chi connectivity index (χ1v) is 9.61. The lowest BCUT2D eigenvalue weighted by atomic mass is 10.2. The number of rotatable bonds is 3. The molecule has 1 heterocycles. The van der Waals surface area contributed by atoms with E-state index in [1.807, 2.05) is 11.8 Å². The SMILES string of the molecule is CC1(C)CN(S(=O)(=O)c2ccc(CN)cc2Br)CCS1. The monoisotopic (exact) mass is 378 g/mol. The van der Waals surface area contributed by atoms with Gasteiger partial charge in [-0.15, -0.1) is 0 Å². The number of sulfonamides is 1. The summed E-state index contributed by atoms with van der Waals surface area (Å²) in [5.41, 5.74) is 6.48. The molecule has 0 bridgehead atoms. The fourth-order valence-electron chi connectivity index (χ4n) is 2.20. The molecule has 112 valence electrons. The first-order chi connectivity index (χ1) is 9.26. The van der Waals surface area contributed by atoms with Crippen molar-refractivity contribution in [3.05, 3.63) is 28.2 Å². The predicted octanol–water partition coefficient (Wildman–Crippen LogP) is 2.42. The Bertz CT molecular complexity index is 602. The second-order valence-electron chi connectivity index (χ2n) is 5.42. The van der Waals surface area contributed by atoms with E-state index in [1.54, 1.807) is 22.5 Å². The molecule has 20 heavy (non-hydrogen) atoms. The number of nitrogens with zero attached hydrogens (tertiary/aromatic N) is 1. The molecule has 2 N–H and O–H groups in total. The fourth-order valence-corrected chi connectivity index (χ4v) is 6.19. The van der Waals surface area contributed by atoms with Crippen LogP contribution in [0.5, 0.6) is 0 Å². The summed E-state index contributed by atoms with van der Waals surface area (Å²) in [5, 5.41) is 0. The molecule has 4 nitrogen and oxygen atoms in total. The maximum atomic E-state index is 12.8. The van der Waals surface area contributed by atoms with Crippen molar-refractivity contribution in [2.45, 2.75) is 30.0 Å². The largest absolute Gasteiger partial charge is 0.326 e. The summed E-state index contributed by atoms with van der Waals surface area (Å²) >= 11 is 5.16. The zero-order valence-corrected chi connectivity index (χ0v) is 14.8. The first-order valence-electron chi connectivity index (χ1n) is 6.39. The Labute approximate surface area is 133 Å². The molecular formula is C13H19BrN2O2S2. The van der Waals surface area contributed by atoms with Crippen LogP contribution in [-0.4, -0.2) is 36.3 Å². The molecule has 2 rings (SSSR count). The van der Waals surface area contributed by atoms with Crippen LogP contribution < -0.4 is 5.73 Å². The lowest BCUT2D eigenvalue weighted by Gasteiger charge is -2.36. The maximum absolute atomic E-state index is 12.8. The van der Waals surface area contributed by atoms with E-state index in [0.29, 0.717) is 29.0 Å². The standard InChI is InChI=1S/C13H19BrN2O2S2/c1-13(2)9-16(5-6-19-13)20(17,18)12-4-3-10(8-15)7-11(12)14/h3-4,7H,5-6,8-9,15H2,1-2H3. The van der Waals surface area contributed by atoms with Gasteiger partial charge in [-0.05, 0) is 47.5 Å². The Morgan fingerprint density at radius 2 is 2.15 bits per heavy atom. The van der Waals surface area contributed by atoms with E-state index in [0.717, 1.165) is 11.3 Å². The van der Waals surface area contributed by atoms with Crippen molar-refractivity contribution in [2.24, 2.45) is 5.73 Å². The molecule has 0 unspecified atom stereocenters. The van der Waals surface area contributed by atoms with Gasteiger partial charge >= 0.3 is 0 Å². The molecule has 0 amide bonds. The van der Waals surface area contributed by atoms with Gasteiger partial charge in [0.15, 0.2) is 0 Å². The lowest BCUT2D eigenvalue weighted by Crippen LogP contribution is -2.46. The van der Waals surface area contributed by atoms with Crippen molar-refractivity contribution in [3.8, 4) is 0 Å². The Kier molecular flexibility index (Phi) is 4.86. The van der Waals surface area contributed by atoms with Crippen LogP contribution in [0, 0.1) is 0 Å². The van der Waals surface area contributed by atoms with Gasteiger partial charge in [0.1, 0.15) is 0 Å². The number of hydrogen-bond acceptors (Lipinski definition) is 4. The minimum Gasteiger partial charge on any atom is -0.326 e. The first kappa shape index (κ1) is 16.3. The van der Waals surface area contributed by atoms with Crippen LogP contribution in [0.25, 0.3) is 0 Å². The van der Waals surface area contributed by atoms with Crippen molar-refractivity contribution in [3.63, 3.8) is 0 Å². The average molecular weight is 379 g/mol. The van der Waals surface area contributed by atoms with Crippen LogP contribution in [0.4, 0.5) is 0 Å². The van der Waals surface area contributed by atoms with Crippen molar-refractivity contribution in [1.82, 2.24) is 4.31 Å². The highest BCUT2D eigenvalue weighted by Crippen LogP contribution is 2.34. The van der Waals surface area contributed by atoms with Gasteiger partial charge in [0.05, 0.1) is 4.90 Å². The van der Waals surface area contributed by atoms with E-state index in [9.17, 15) is 8.42 Å². The van der Waals surface area contributed by atoms with Crippen molar-refractivity contribution in [2.75, 3.05) is 18.8 Å². The van der Waals surface area contributed by atoms with E-state index in [2.05, 4.69) is 29.8 Å². The van der Waals surface area contributed by atoms with Gasteiger partial charge in [-0.2, -0.15) is 16.1 Å². The van der Waals surface area contributed by atoms with E-state index >= 15 is 0 Å². The zero-order chi connectivity index (χ0) is 15.0. The number of thioether (sulfide) groups is 1. The van der Waals surface area contributed by atoms with E-state index in [-0.39, 0.29) is 4.75 Å². The Balaban J connectivity index is 2.35. The van der Waals surface area contributed by atoms with Gasteiger partial charge in [-0.25, -0.2) is 8.42 Å². The van der Waals surface area contributed by atoms with Gasteiger partial charge in [-0.3, -0.25) is 0 Å². The molecule has 1 aliphatic rings. The molecule has 0 aliphatic carbocycles. The van der Waals surface area contributed by atoms with Gasteiger partial charge < -0.3 is 5.73 Å². The molecular weight excluding hydrogens is 360 g/mol. The molecule has 1 aliphatic heterocycles. The minimum absolute atomic E-state index is 0.0466. The summed E-state index contributed by atoms with van der Waals surface area (Å²) < 4.78 is 27.6. The normalized spacial score (nSPS) is 20.0. The van der Waals surface area contributed by atoms with Crippen molar-refractivity contribution >= 4 is 37.7 Å². The van der Waals surface area contributed by atoms with Gasteiger partial charge in [-0.1, -0.05) is 6.07 Å². The lowest BCUT2D eigenvalue weighted by molar-refractivity contribution is 0.387. The summed E-state index contributed by atoms with van der Waals surface area (Å²) in [5.74, 6) is 0.824. The molecule has 1 aromatic carbocycles. The molecule has 0 atom stereocenters. The predicted molar refractivity (Wildman–Crippen MR) is 87.3 cm³/mol. The highest BCUT2D eigenvalue weighted by molar-refractivity contribution is 9.10. The summed E-state index contributed by atoms with van der Waals surface area (Å²) in [4.78, 5) is 0.317. The Morgan fingerprint density at radius 1 is 1.45 bits per heavy atom. The van der Waals surface area contributed by atoms with Gasteiger partial charge in [0.2, 0.25) is 10.0 Å². The number of hydrogen-bond donors (Lipinski definition) is 1. The molecule has 0 aromatic heterocycles. The van der Waals surface area contributed by atoms with Crippen LogP contribution in [0.3, 0.4) is 0 Å². The van der Waals surface area contributed by atoms with E-state index in [1.165, 1.54) is 0 Å². The molecule has 1 saturated heterocycles. The third-order valence-corrected chi connectivity index (χ3v) is 7.36. The van der Waals surface area contributed by atoms with Crippen LogP contribution in [-0.2, 0) is 16.6 Å². The van der Waals surface area contributed by atoms with Crippen LogP contribution in [0.1, 0.15) is 19.4 Å². The van der Waals surface area contributed by atoms with Crippen LogP contribution in [0.2, 0.25) is 0 Å². The van der Waals surface area contributed by atoms with Gasteiger partial charge in [0, 0.05) is 34.6 Å². The number of benzene rings is 1. The average Bonchev–Trinajstić information content (AvgIpc) is 2.37. The third-order valence-electron chi connectivity index (χ3n) is 3.24. The van der Waals surface area contributed by atoms with Crippen LogP contribution >= 0.6 is 27.7 Å². The van der Waals surface area contributed by atoms with Crippen LogP contribution in [0.15, 0.2) is 27.6 Å². The van der Waals surface area contributed by atoms with E-state index in [4.69, 9.17) is 5.73 Å². The molecule has 0 radical (unpaired) electrons. The number of nitrogens with two attached hydrogens (primary N) is 1. The molecule has 0 saturated carbocycles. The number of halogens is 1. The van der Waals surface area contributed by atoms with Gasteiger partial charge in [0.25, 0.3) is 0 Å². The summed E-state index contributed by atoms with van der Waals surface area (Å²) in [6.07, 6.45) is 0. The third kappa shape index (κ3) is 3.39. The fraction of sp³-hybridized carbons (Fsp3) is 0.538. The van der Waals surface area contributed by atoms with Crippen molar-refractivity contribution in [1.29, 1.82) is 0 Å². The second-order valence-corrected chi connectivity index (χ2v) is 9.98. The minimum atomic E-state index is -3.46. The van der Waals surface area contributed by atoms with E-state index < -0.39 is 10.0 Å². The molecule has 7 heteroatoms. The maximum Gasteiger partial charge on any atom is 0.244 e. The smallest absolute Gasteiger partial charge is 0.244 e. The summed E-state index contributed by atoms with van der Waals surface area (Å²) in [6, 6.07) is 5.18. The second kappa shape index (κ2) is 5.96. The molecule has 1 aromatic rings. The summed E-state index contributed by atoms with van der Waals surface area (Å²) in [6.45, 7) is 5.64. The Morgan fingerprint density at radius 3 is 2.70 bits per heavy atom. The Hall–Kier alpha value is -0.0800. The molecule has 0 spiro atoms. The van der Waals surface area contributed by atoms with Crippen molar-refractivity contribution < 1.29 is 8.42 Å². The highest BCUT2D eigenvalue weighted by Gasteiger charge is 2.35. The zero-order valence-electron chi connectivity index (χ0n) is 11.6. The topological polar surface area (TPSA) is 63.4 Å². The summed E-state index contributed by atoms with van der Waals surface area (Å²) in [7, 11) is -3.46.